The van der Waals surface area contributed by atoms with Gasteiger partial charge in [-0.15, -0.1) is 0 Å². The molecule has 118 valence electrons. The molecule has 1 atom stereocenters. The SMILES string of the molecule is CCCCNC(=O)CCN(CC1CCCO1)S(C)(=O)=O. The summed E-state index contributed by atoms with van der Waals surface area (Å²) in [6.45, 7) is 3.97. The van der Waals surface area contributed by atoms with Gasteiger partial charge in [0, 0.05) is 32.7 Å². The summed E-state index contributed by atoms with van der Waals surface area (Å²) in [6.07, 6.45) is 5.16. The van der Waals surface area contributed by atoms with Crippen LogP contribution in [-0.2, 0) is 19.6 Å². The minimum atomic E-state index is -3.30. The number of hydrogen-bond acceptors (Lipinski definition) is 4. The molecular weight excluding hydrogens is 280 g/mol. The molecule has 1 unspecified atom stereocenters. The van der Waals surface area contributed by atoms with Gasteiger partial charge in [-0.1, -0.05) is 13.3 Å². The standard InChI is InChI=1S/C13H26N2O4S/c1-3-4-8-14-13(16)7-9-15(20(2,17)18)11-12-6-5-10-19-12/h12H,3-11H2,1-2H3,(H,14,16). The largest absolute Gasteiger partial charge is 0.377 e. The monoisotopic (exact) mass is 306 g/mol. The molecular formula is C13H26N2O4S. The van der Waals surface area contributed by atoms with E-state index in [-0.39, 0.29) is 25.0 Å². The highest BCUT2D eigenvalue weighted by molar-refractivity contribution is 7.88. The maximum absolute atomic E-state index is 11.7. The molecule has 0 spiro atoms. The van der Waals surface area contributed by atoms with Crippen LogP contribution >= 0.6 is 0 Å². The second kappa shape index (κ2) is 8.59. The lowest BCUT2D eigenvalue weighted by atomic mass is 10.2. The molecule has 0 aliphatic carbocycles. The van der Waals surface area contributed by atoms with E-state index in [1.54, 1.807) is 0 Å². The predicted octanol–water partition coefficient (Wildman–Crippen LogP) is 0.733. The number of unbranched alkanes of at least 4 members (excludes halogenated alkanes) is 1. The van der Waals surface area contributed by atoms with E-state index >= 15 is 0 Å². The second-order valence-electron chi connectivity index (χ2n) is 5.21. The topological polar surface area (TPSA) is 75.7 Å². The minimum Gasteiger partial charge on any atom is -0.377 e. The van der Waals surface area contributed by atoms with Gasteiger partial charge in [0.15, 0.2) is 0 Å². The van der Waals surface area contributed by atoms with E-state index in [9.17, 15) is 13.2 Å². The zero-order valence-electron chi connectivity index (χ0n) is 12.4. The van der Waals surface area contributed by atoms with Gasteiger partial charge in [-0.25, -0.2) is 8.42 Å². The number of ether oxygens (including phenoxy) is 1. The van der Waals surface area contributed by atoms with Gasteiger partial charge in [-0.05, 0) is 19.3 Å². The van der Waals surface area contributed by atoms with Crippen LogP contribution in [0.1, 0.15) is 39.0 Å². The summed E-state index contributed by atoms with van der Waals surface area (Å²) in [4.78, 5) is 11.6. The molecule has 0 bridgehead atoms. The molecule has 1 aliphatic heterocycles. The maximum atomic E-state index is 11.7. The average Bonchev–Trinajstić information content (AvgIpc) is 2.86. The molecule has 0 aromatic carbocycles. The zero-order valence-corrected chi connectivity index (χ0v) is 13.2. The molecule has 0 aromatic rings. The Hall–Kier alpha value is -0.660. The zero-order chi connectivity index (χ0) is 15.0. The van der Waals surface area contributed by atoms with Gasteiger partial charge < -0.3 is 10.1 Å². The smallest absolute Gasteiger partial charge is 0.221 e. The van der Waals surface area contributed by atoms with E-state index in [0.29, 0.717) is 19.7 Å². The first-order valence-electron chi connectivity index (χ1n) is 7.27. The van der Waals surface area contributed by atoms with Crippen LogP contribution in [0.4, 0.5) is 0 Å². The van der Waals surface area contributed by atoms with Crippen molar-refractivity contribution in [2.75, 3.05) is 32.5 Å². The molecule has 1 aliphatic rings. The van der Waals surface area contributed by atoms with Crippen molar-refractivity contribution in [2.45, 2.75) is 45.1 Å². The number of nitrogens with one attached hydrogen (secondary N) is 1. The Morgan fingerprint density at radius 1 is 1.45 bits per heavy atom. The summed E-state index contributed by atoms with van der Waals surface area (Å²) in [7, 11) is -3.30. The number of hydrogen-bond donors (Lipinski definition) is 1. The van der Waals surface area contributed by atoms with Crippen molar-refractivity contribution in [1.29, 1.82) is 0 Å². The van der Waals surface area contributed by atoms with Crippen molar-refractivity contribution in [1.82, 2.24) is 9.62 Å². The number of rotatable bonds is 9. The van der Waals surface area contributed by atoms with Crippen molar-refractivity contribution in [3.8, 4) is 0 Å². The van der Waals surface area contributed by atoms with Gasteiger partial charge >= 0.3 is 0 Å². The van der Waals surface area contributed by atoms with Crippen molar-refractivity contribution >= 4 is 15.9 Å². The van der Waals surface area contributed by atoms with Gasteiger partial charge in [0.05, 0.1) is 12.4 Å². The third-order valence-corrected chi connectivity index (χ3v) is 4.61. The molecule has 1 rings (SSSR count). The van der Waals surface area contributed by atoms with E-state index in [0.717, 1.165) is 25.7 Å². The normalized spacial score (nSPS) is 19.4. The first-order valence-corrected chi connectivity index (χ1v) is 9.11. The average molecular weight is 306 g/mol. The lowest BCUT2D eigenvalue weighted by molar-refractivity contribution is -0.121. The van der Waals surface area contributed by atoms with Crippen LogP contribution in [0.3, 0.4) is 0 Å². The van der Waals surface area contributed by atoms with Crippen molar-refractivity contribution in [3.05, 3.63) is 0 Å². The molecule has 0 saturated carbocycles. The Balaban J connectivity index is 2.38. The third kappa shape index (κ3) is 6.67. The molecule has 0 aromatic heterocycles. The van der Waals surface area contributed by atoms with Crippen LogP contribution in [0.15, 0.2) is 0 Å². The number of amides is 1. The first-order chi connectivity index (χ1) is 9.43. The summed E-state index contributed by atoms with van der Waals surface area (Å²) in [5.41, 5.74) is 0. The Bertz CT molecular complexity index is 391. The van der Waals surface area contributed by atoms with Gasteiger partial charge in [0.25, 0.3) is 0 Å². The molecule has 1 heterocycles. The molecule has 1 fully saturated rings. The molecule has 7 heteroatoms. The molecule has 20 heavy (non-hydrogen) atoms. The Morgan fingerprint density at radius 2 is 2.20 bits per heavy atom. The fourth-order valence-corrected chi connectivity index (χ4v) is 2.99. The predicted molar refractivity (Wildman–Crippen MR) is 77.9 cm³/mol. The van der Waals surface area contributed by atoms with Crippen LogP contribution in [0, 0.1) is 0 Å². The lowest BCUT2D eigenvalue weighted by Gasteiger charge is -2.22. The fraction of sp³-hybridized carbons (Fsp3) is 0.923. The quantitative estimate of drug-likeness (QED) is 0.637. The van der Waals surface area contributed by atoms with Crippen LogP contribution in [0.2, 0.25) is 0 Å². The minimum absolute atomic E-state index is 0.0344. The Labute approximate surface area is 121 Å². The fourth-order valence-electron chi connectivity index (χ4n) is 2.13. The summed E-state index contributed by atoms with van der Waals surface area (Å²) >= 11 is 0. The highest BCUT2D eigenvalue weighted by Gasteiger charge is 2.24. The maximum Gasteiger partial charge on any atom is 0.221 e. The van der Waals surface area contributed by atoms with Crippen molar-refractivity contribution in [2.24, 2.45) is 0 Å². The third-order valence-electron chi connectivity index (χ3n) is 3.34. The number of carbonyl (C=O) groups excluding carboxylic acids is 1. The van der Waals surface area contributed by atoms with Gasteiger partial charge in [0.1, 0.15) is 0 Å². The van der Waals surface area contributed by atoms with E-state index in [4.69, 9.17) is 4.74 Å². The molecule has 1 saturated heterocycles. The molecule has 0 radical (unpaired) electrons. The van der Waals surface area contributed by atoms with Gasteiger partial charge in [-0.3, -0.25) is 4.79 Å². The Morgan fingerprint density at radius 3 is 2.75 bits per heavy atom. The number of sulfonamides is 1. The highest BCUT2D eigenvalue weighted by atomic mass is 32.2. The molecule has 1 amide bonds. The summed E-state index contributed by atoms with van der Waals surface area (Å²) < 4.78 is 30.3. The van der Waals surface area contributed by atoms with Crippen molar-refractivity contribution < 1.29 is 17.9 Å². The first kappa shape index (κ1) is 17.4. The van der Waals surface area contributed by atoms with Crippen molar-refractivity contribution in [3.63, 3.8) is 0 Å². The lowest BCUT2D eigenvalue weighted by Crippen LogP contribution is -2.39. The van der Waals surface area contributed by atoms with Gasteiger partial charge in [0.2, 0.25) is 15.9 Å². The summed E-state index contributed by atoms with van der Waals surface area (Å²) in [5, 5.41) is 2.79. The summed E-state index contributed by atoms with van der Waals surface area (Å²) in [6, 6.07) is 0. The Kier molecular flexibility index (Phi) is 7.47. The highest BCUT2D eigenvalue weighted by Crippen LogP contribution is 2.15. The van der Waals surface area contributed by atoms with Crippen LogP contribution < -0.4 is 5.32 Å². The van der Waals surface area contributed by atoms with Crippen LogP contribution in [-0.4, -0.2) is 57.2 Å². The number of carbonyl (C=O) groups is 1. The number of nitrogens with zero attached hydrogens (tertiary/aromatic N) is 1. The molecule has 6 nitrogen and oxygen atoms in total. The van der Waals surface area contributed by atoms with E-state index < -0.39 is 10.0 Å². The van der Waals surface area contributed by atoms with E-state index in [1.165, 1.54) is 10.6 Å². The second-order valence-corrected chi connectivity index (χ2v) is 7.19. The summed E-state index contributed by atoms with van der Waals surface area (Å²) in [5.74, 6) is -0.0977. The van der Waals surface area contributed by atoms with Crippen LogP contribution in [0.25, 0.3) is 0 Å². The van der Waals surface area contributed by atoms with E-state index in [2.05, 4.69) is 12.2 Å². The van der Waals surface area contributed by atoms with Gasteiger partial charge in [-0.2, -0.15) is 4.31 Å². The van der Waals surface area contributed by atoms with E-state index in [1.807, 2.05) is 0 Å². The molecule has 1 N–H and O–H groups in total. The van der Waals surface area contributed by atoms with Crippen LogP contribution in [0.5, 0.6) is 0 Å².